The van der Waals surface area contributed by atoms with Gasteiger partial charge in [0.15, 0.2) is 0 Å². The quantitative estimate of drug-likeness (QED) is 0.806. The maximum Gasteiger partial charge on any atom is 0.242 e. The van der Waals surface area contributed by atoms with Crippen molar-refractivity contribution in [2.24, 2.45) is 5.41 Å². The van der Waals surface area contributed by atoms with Crippen molar-refractivity contribution in [3.8, 4) is 0 Å². The van der Waals surface area contributed by atoms with Crippen LogP contribution in [0, 0.1) is 5.41 Å². The monoisotopic (exact) mass is 234 g/mol. The Hall–Kier alpha value is -1.49. The van der Waals surface area contributed by atoms with Gasteiger partial charge < -0.3 is 10.6 Å². The second-order valence-electron chi connectivity index (χ2n) is 5.10. The van der Waals surface area contributed by atoms with Gasteiger partial charge in [0.1, 0.15) is 6.33 Å². The molecule has 1 aromatic heterocycles. The summed E-state index contributed by atoms with van der Waals surface area (Å²) in [4.78, 5) is 19.9. The Morgan fingerprint density at radius 2 is 2.18 bits per heavy atom. The lowest BCUT2D eigenvalue weighted by atomic mass is 9.77. The molecule has 0 saturated carbocycles. The molecule has 1 aromatic rings. The van der Waals surface area contributed by atoms with Crippen LogP contribution in [0.5, 0.6) is 0 Å². The van der Waals surface area contributed by atoms with Crippen LogP contribution in [0.15, 0.2) is 18.7 Å². The second kappa shape index (κ2) is 4.79. The Labute approximate surface area is 101 Å². The Morgan fingerprint density at radius 1 is 1.47 bits per heavy atom. The molecule has 0 bridgehead atoms. The molecule has 1 fully saturated rings. The van der Waals surface area contributed by atoms with Crippen LogP contribution in [0.4, 0.5) is 5.69 Å². The predicted octanol–water partition coefficient (Wildman–Crippen LogP) is 1.19. The summed E-state index contributed by atoms with van der Waals surface area (Å²) < 4.78 is 0. The first-order valence-corrected chi connectivity index (χ1v) is 5.89. The van der Waals surface area contributed by atoms with E-state index in [9.17, 15) is 4.79 Å². The molecule has 2 rings (SSSR count). The van der Waals surface area contributed by atoms with Crippen molar-refractivity contribution in [3.63, 3.8) is 0 Å². The first-order valence-electron chi connectivity index (χ1n) is 5.89. The van der Waals surface area contributed by atoms with E-state index in [4.69, 9.17) is 0 Å². The molecule has 5 heteroatoms. The van der Waals surface area contributed by atoms with Gasteiger partial charge in [-0.25, -0.2) is 9.97 Å². The van der Waals surface area contributed by atoms with Gasteiger partial charge in [0.05, 0.1) is 24.1 Å². The third-order valence-corrected chi connectivity index (χ3v) is 3.22. The molecule has 0 aliphatic carbocycles. The van der Waals surface area contributed by atoms with E-state index in [1.165, 1.54) is 6.33 Å². The normalized spacial score (nSPS) is 23.1. The van der Waals surface area contributed by atoms with Crippen LogP contribution in [-0.2, 0) is 4.79 Å². The van der Waals surface area contributed by atoms with Crippen molar-refractivity contribution < 1.29 is 4.79 Å². The third kappa shape index (κ3) is 2.79. The summed E-state index contributed by atoms with van der Waals surface area (Å²) >= 11 is 0. The Bertz CT molecular complexity index is 391. The molecule has 0 aromatic carbocycles. The summed E-state index contributed by atoms with van der Waals surface area (Å²) in [7, 11) is 0. The molecule has 0 spiro atoms. The van der Waals surface area contributed by atoms with Gasteiger partial charge in [-0.15, -0.1) is 0 Å². The highest BCUT2D eigenvalue weighted by molar-refractivity contribution is 5.95. The maximum atomic E-state index is 12.2. The molecule has 1 unspecified atom stereocenters. The standard InChI is InChI=1S/C12H18N4O/c1-12(2)4-3-5-15-10(12)11(17)16-9-6-13-8-14-7-9/h6-8,10,15H,3-5H2,1-2H3,(H,16,17). The number of hydrogen-bond acceptors (Lipinski definition) is 4. The van der Waals surface area contributed by atoms with Gasteiger partial charge in [-0.2, -0.15) is 0 Å². The minimum Gasteiger partial charge on any atom is -0.322 e. The van der Waals surface area contributed by atoms with E-state index in [1.54, 1.807) is 12.4 Å². The zero-order chi connectivity index (χ0) is 12.3. The molecule has 0 radical (unpaired) electrons. The van der Waals surface area contributed by atoms with Gasteiger partial charge in [0.2, 0.25) is 5.91 Å². The largest absolute Gasteiger partial charge is 0.322 e. The molecule has 92 valence electrons. The van der Waals surface area contributed by atoms with Gasteiger partial charge in [0.25, 0.3) is 0 Å². The number of rotatable bonds is 2. The topological polar surface area (TPSA) is 66.9 Å². The van der Waals surface area contributed by atoms with Crippen LogP contribution in [0.25, 0.3) is 0 Å². The molecule has 1 aliphatic heterocycles. The van der Waals surface area contributed by atoms with Gasteiger partial charge in [-0.3, -0.25) is 4.79 Å². The molecule has 17 heavy (non-hydrogen) atoms. The van der Waals surface area contributed by atoms with Crippen LogP contribution in [0.2, 0.25) is 0 Å². The molecular weight excluding hydrogens is 216 g/mol. The number of carbonyl (C=O) groups excluding carboxylic acids is 1. The number of nitrogens with one attached hydrogen (secondary N) is 2. The molecule has 1 amide bonds. The van der Waals surface area contributed by atoms with Gasteiger partial charge >= 0.3 is 0 Å². The van der Waals surface area contributed by atoms with Crippen molar-refractivity contribution in [1.29, 1.82) is 0 Å². The molecule has 1 saturated heterocycles. The van der Waals surface area contributed by atoms with Crippen LogP contribution >= 0.6 is 0 Å². The highest BCUT2D eigenvalue weighted by atomic mass is 16.2. The van der Waals surface area contributed by atoms with Crippen molar-refractivity contribution in [1.82, 2.24) is 15.3 Å². The molecule has 5 nitrogen and oxygen atoms in total. The fourth-order valence-corrected chi connectivity index (χ4v) is 2.24. The van der Waals surface area contributed by atoms with E-state index in [0.29, 0.717) is 5.69 Å². The molecule has 1 aliphatic rings. The fraction of sp³-hybridized carbons (Fsp3) is 0.583. The first kappa shape index (κ1) is 12.0. The van der Waals surface area contributed by atoms with Crippen LogP contribution in [0.3, 0.4) is 0 Å². The van der Waals surface area contributed by atoms with Crippen molar-refractivity contribution in [2.75, 3.05) is 11.9 Å². The summed E-state index contributed by atoms with van der Waals surface area (Å²) in [6.07, 6.45) is 6.81. The SMILES string of the molecule is CC1(C)CCCNC1C(=O)Nc1cncnc1. The lowest BCUT2D eigenvalue weighted by molar-refractivity contribution is -0.121. The highest BCUT2D eigenvalue weighted by Crippen LogP contribution is 2.30. The summed E-state index contributed by atoms with van der Waals surface area (Å²) in [5.41, 5.74) is 0.624. The Kier molecular flexibility index (Phi) is 3.38. The van der Waals surface area contributed by atoms with Gasteiger partial charge in [0, 0.05) is 0 Å². The highest BCUT2D eigenvalue weighted by Gasteiger charge is 2.37. The lowest BCUT2D eigenvalue weighted by Gasteiger charge is -2.38. The Morgan fingerprint density at radius 3 is 2.82 bits per heavy atom. The predicted molar refractivity (Wildman–Crippen MR) is 65.5 cm³/mol. The zero-order valence-corrected chi connectivity index (χ0v) is 10.2. The van der Waals surface area contributed by atoms with Crippen LogP contribution in [-0.4, -0.2) is 28.5 Å². The van der Waals surface area contributed by atoms with Crippen LogP contribution < -0.4 is 10.6 Å². The minimum atomic E-state index is -0.156. The average molecular weight is 234 g/mol. The van der Waals surface area contributed by atoms with Gasteiger partial charge in [-0.05, 0) is 24.8 Å². The average Bonchev–Trinajstić information content (AvgIpc) is 2.29. The number of anilines is 1. The minimum absolute atomic E-state index is 0.00972. The van der Waals surface area contributed by atoms with E-state index < -0.39 is 0 Å². The smallest absolute Gasteiger partial charge is 0.242 e. The summed E-state index contributed by atoms with van der Waals surface area (Å²) in [6, 6.07) is -0.156. The first-order chi connectivity index (χ1) is 8.09. The Balaban J connectivity index is 2.04. The van der Waals surface area contributed by atoms with E-state index in [2.05, 4.69) is 34.4 Å². The van der Waals surface area contributed by atoms with E-state index in [-0.39, 0.29) is 17.4 Å². The fourth-order valence-electron chi connectivity index (χ4n) is 2.24. The lowest BCUT2D eigenvalue weighted by Crippen LogP contribution is -2.53. The number of nitrogens with zero attached hydrogens (tertiary/aromatic N) is 2. The molecule has 2 N–H and O–H groups in total. The molecular formula is C12H18N4O. The van der Waals surface area contributed by atoms with Crippen molar-refractivity contribution in [2.45, 2.75) is 32.7 Å². The van der Waals surface area contributed by atoms with E-state index in [1.807, 2.05) is 0 Å². The molecule has 2 heterocycles. The summed E-state index contributed by atoms with van der Waals surface area (Å²) in [5.74, 6) is -0.00972. The van der Waals surface area contributed by atoms with Crippen molar-refractivity contribution in [3.05, 3.63) is 18.7 Å². The number of aromatic nitrogens is 2. The number of piperidine rings is 1. The van der Waals surface area contributed by atoms with Crippen molar-refractivity contribution >= 4 is 11.6 Å². The number of hydrogen-bond donors (Lipinski definition) is 2. The number of amides is 1. The van der Waals surface area contributed by atoms with E-state index in [0.717, 1.165) is 19.4 Å². The van der Waals surface area contributed by atoms with Crippen LogP contribution in [0.1, 0.15) is 26.7 Å². The number of carbonyl (C=O) groups is 1. The maximum absolute atomic E-state index is 12.2. The third-order valence-electron chi connectivity index (χ3n) is 3.22. The molecule has 1 atom stereocenters. The second-order valence-corrected chi connectivity index (χ2v) is 5.10. The van der Waals surface area contributed by atoms with Gasteiger partial charge in [-0.1, -0.05) is 13.8 Å². The zero-order valence-electron chi connectivity index (χ0n) is 10.2. The summed E-state index contributed by atoms with van der Waals surface area (Å²) in [5, 5.41) is 6.12. The summed E-state index contributed by atoms with van der Waals surface area (Å²) in [6.45, 7) is 5.13. The van der Waals surface area contributed by atoms with E-state index >= 15 is 0 Å².